The molecular weight excluding hydrogens is 222 g/mol. The van der Waals surface area contributed by atoms with Gasteiger partial charge < -0.3 is 10.2 Å². The van der Waals surface area contributed by atoms with E-state index in [0.29, 0.717) is 0 Å². The molecule has 3 nitrogen and oxygen atoms in total. The van der Waals surface area contributed by atoms with Gasteiger partial charge in [-0.25, -0.2) is 4.98 Å². The summed E-state index contributed by atoms with van der Waals surface area (Å²) in [4.78, 5) is 6.88. The summed E-state index contributed by atoms with van der Waals surface area (Å²) in [7, 11) is 2.13. The molecule has 0 amide bonds. The molecule has 0 saturated carbocycles. The highest BCUT2D eigenvalue weighted by molar-refractivity contribution is 5.41. The van der Waals surface area contributed by atoms with Crippen LogP contribution in [0.15, 0.2) is 12.1 Å². The van der Waals surface area contributed by atoms with Crippen molar-refractivity contribution in [3.63, 3.8) is 0 Å². The molecule has 0 aliphatic rings. The van der Waals surface area contributed by atoms with Gasteiger partial charge >= 0.3 is 0 Å². The van der Waals surface area contributed by atoms with Crippen molar-refractivity contribution >= 4 is 5.82 Å². The van der Waals surface area contributed by atoms with Crippen LogP contribution in [0.2, 0.25) is 0 Å². The molecule has 1 aromatic rings. The molecule has 1 N–H and O–H groups in total. The van der Waals surface area contributed by atoms with Crippen molar-refractivity contribution in [1.82, 2.24) is 10.3 Å². The largest absolute Gasteiger partial charge is 0.360 e. The number of anilines is 1. The molecule has 102 valence electrons. The average molecular weight is 249 g/mol. The highest BCUT2D eigenvalue weighted by atomic mass is 15.2. The highest BCUT2D eigenvalue weighted by Gasteiger charge is 2.05. The standard InChI is InChI=1S/C15H27N3/c1-5-7-8-9-18(4)15-11-14(12-16-6-2)10-13(3)17-15/h10-11,16H,5-9,12H2,1-4H3. The van der Waals surface area contributed by atoms with Gasteiger partial charge in [0.1, 0.15) is 5.82 Å². The van der Waals surface area contributed by atoms with E-state index in [1.807, 2.05) is 0 Å². The van der Waals surface area contributed by atoms with Gasteiger partial charge in [-0.3, -0.25) is 0 Å². The van der Waals surface area contributed by atoms with Crippen LogP contribution in [0.4, 0.5) is 5.82 Å². The summed E-state index contributed by atoms with van der Waals surface area (Å²) in [5.41, 5.74) is 2.42. The average Bonchev–Trinajstić information content (AvgIpc) is 2.36. The molecule has 0 aliphatic carbocycles. The van der Waals surface area contributed by atoms with Crippen LogP contribution in [-0.2, 0) is 6.54 Å². The first-order chi connectivity index (χ1) is 8.67. The second kappa shape index (κ2) is 8.09. The van der Waals surface area contributed by atoms with Crippen molar-refractivity contribution in [2.45, 2.75) is 46.6 Å². The van der Waals surface area contributed by atoms with E-state index in [1.54, 1.807) is 0 Å². The maximum Gasteiger partial charge on any atom is 0.128 e. The molecule has 0 aromatic carbocycles. The summed E-state index contributed by atoms with van der Waals surface area (Å²) in [6.45, 7) is 9.45. The van der Waals surface area contributed by atoms with E-state index in [0.717, 1.165) is 31.1 Å². The Kier molecular flexibility index (Phi) is 6.73. The van der Waals surface area contributed by atoms with Crippen LogP contribution in [0.5, 0.6) is 0 Å². The number of hydrogen-bond acceptors (Lipinski definition) is 3. The fourth-order valence-corrected chi connectivity index (χ4v) is 2.00. The third kappa shape index (κ3) is 5.05. The predicted octanol–water partition coefficient (Wildman–Crippen LogP) is 3.13. The highest BCUT2D eigenvalue weighted by Crippen LogP contribution is 2.14. The molecule has 1 heterocycles. The van der Waals surface area contributed by atoms with Crippen LogP contribution in [0.1, 0.15) is 44.4 Å². The normalized spacial score (nSPS) is 10.7. The van der Waals surface area contributed by atoms with Crippen LogP contribution in [0.3, 0.4) is 0 Å². The molecule has 0 bridgehead atoms. The van der Waals surface area contributed by atoms with E-state index >= 15 is 0 Å². The van der Waals surface area contributed by atoms with Crippen molar-refractivity contribution in [2.24, 2.45) is 0 Å². The Balaban J connectivity index is 2.65. The van der Waals surface area contributed by atoms with Gasteiger partial charge in [0.15, 0.2) is 0 Å². The maximum absolute atomic E-state index is 4.62. The summed E-state index contributed by atoms with van der Waals surface area (Å²) in [5, 5.41) is 3.36. The maximum atomic E-state index is 4.62. The molecule has 0 aliphatic heterocycles. The molecule has 18 heavy (non-hydrogen) atoms. The first-order valence-electron chi connectivity index (χ1n) is 7.06. The lowest BCUT2D eigenvalue weighted by Crippen LogP contribution is -2.21. The number of aryl methyl sites for hydroxylation is 1. The van der Waals surface area contributed by atoms with E-state index in [-0.39, 0.29) is 0 Å². The van der Waals surface area contributed by atoms with Crippen molar-refractivity contribution < 1.29 is 0 Å². The minimum Gasteiger partial charge on any atom is -0.360 e. The summed E-state index contributed by atoms with van der Waals surface area (Å²) in [6.07, 6.45) is 3.80. The van der Waals surface area contributed by atoms with Crippen LogP contribution >= 0.6 is 0 Å². The molecule has 0 atom stereocenters. The Hall–Kier alpha value is -1.09. The summed E-state index contributed by atoms with van der Waals surface area (Å²) >= 11 is 0. The zero-order chi connectivity index (χ0) is 13.4. The topological polar surface area (TPSA) is 28.2 Å². The number of unbranched alkanes of at least 4 members (excludes halogenated alkanes) is 2. The van der Waals surface area contributed by atoms with Crippen molar-refractivity contribution in [3.8, 4) is 0 Å². The molecule has 3 heteroatoms. The number of aromatic nitrogens is 1. The second-order valence-corrected chi connectivity index (χ2v) is 4.88. The Morgan fingerprint density at radius 3 is 2.67 bits per heavy atom. The van der Waals surface area contributed by atoms with Gasteiger partial charge in [-0.05, 0) is 37.6 Å². The van der Waals surface area contributed by atoms with Crippen LogP contribution in [-0.4, -0.2) is 25.1 Å². The Morgan fingerprint density at radius 2 is 2.00 bits per heavy atom. The molecule has 1 rings (SSSR count). The summed E-state index contributed by atoms with van der Waals surface area (Å²) in [6, 6.07) is 4.35. The Labute approximate surface area is 112 Å². The second-order valence-electron chi connectivity index (χ2n) is 4.88. The summed E-state index contributed by atoms with van der Waals surface area (Å²) in [5.74, 6) is 1.10. The van der Waals surface area contributed by atoms with Crippen molar-refractivity contribution in [3.05, 3.63) is 23.4 Å². The van der Waals surface area contributed by atoms with Crippen LogP contribution in [0.25, 0.3) is 0 Å². The van der Waals surface area contributed by atoms with E-state index in [4.69, 9.17) is 0 Å². The fourth-order valence-electron chi connectivity index (χ4n) is 2.00. The SMILES string of the molecule is CCCCCN(C)c1cc(CNCC)cc(C)n1. The zero-order valence-electron chi connectivity index (χ0n) is 12.3. The first kappa shape index (κ1) is 15.0. The quantitative estimate of drug-likeness (QED) is 0.717. The number of hydrogen-bond donors (Lipinski definition) is 1. The van der Waals surface area contributed by atoms with E-state index < -0.39 is 0 Å². The molecule has 0 saturated heterocycles. The Morgan fingerprint density at radius 1 is 1.22 bits per heavy atom. The fraction of sp³-hybridized carbons (Fsp3) is 0.667. The van der Waals surface area contributed by atoms with E-state index in [9.17, 15) is 0 Å². The lowest BCUT2D eigenvalue weighted by Gasteiger charge is -2.19. The summed E-state index contributed by atoms with van der Waals surface area (Å²) < 4.78 is 0. The zero-order valence-corrected chi connectivity index (χ0v) is 12.3. The van der Waals surface area contributed by atoms with Crippen molar-refractivity contribution in [1.29, 1.82) is 0 Å². The van der Waals surface area contributed by atoms with Gasteiger partial charge in [0.05, 0.1) is 0 Å². The van der Waals surface area contributed by atoms with Crippen LogP contribution in [0, 0.1) is 6.92 Å². The number of nitrogens with zero attached hydrogens (tertiary/aromatic N) is 2. The van der Waals surface area contributed by atoms with Gasteiger partial charge in [-0.2, -0.15) is 0 Å². The van der Waals surface area contributed by atoms with Gasteiger partial charge in [0, 0.05) is 25.8 Å². The number of rotatable bonds is 8. The minimum absolute atomic E-state index is 0.926. The first-order valence-corrected chi connectivity index (χ1v) is 7.06. The molecule has 0 spiro atoms. The minimum atomic E-state index is 0.926. The van der Waals surface area contributed by atoms with Crippen molar-refractivity contribution in [2.75, 3.05) is 25.0 Å². The van der Waals surface area contributed by atoms with E-state index in [1.165, 1.54) is 24.8 Å². The van der Waals surface area contributed by atoms with E-state index in [2.05, 4.69) is 55.2 Å². The predicted molar refractivity (Wildman–Crippen MR) is 79.1 cm³/mol. The molecule has 0 fully saturated rings. The molecule has 1 aromatic heterocycles. The van der Waals surface area contributed by atoms with Crippen LogP contribution < -0.4 is 10.2 Å². The lowest BCUT2D eigenvalue weighted by molar-refractivity contribution is 0.698. The number of pyridine rings is 1. The smallest absolute Gasteiger partial charge is 0.128 e. The third-order valence-electron chi connectivity index (χ3n) is 3.07. The molecular formula is C15H27N3. The van der Waals surface area contributed by atoms with Gasteiger partial charge in [0.2, 0.25) is 0 Å². The van der Waals surface area contributed by atoms with Gasteiger partial charge in [-0.15, -0.1) is 0 Å². The van der Waals surface area contributed by atoms with Gasteiger partial charge in [-0.1, -0.05) is 26.7 Å². The lowest BCUT2D eigenvalue weighted by atomic mass is 10.2. The Bertz CT molecular complexity index is 350. The monoisotopic (exact) mass is 249 g/mol. The molecule has 0 radical (unpaired) electrons. The van der Waals surface area contributed by atoms with Gasteiger partial charge in [0.25, 0.3) is 0 Å². The molecule has 0 unspecified atom stereocenters. The third-order valence-corrected chi connectivity index (χ3v) is 3.07. The number of nitrogens with one attached hydrogen (secondary N) is 1.